The van der Waals surface area contributed by atoms with Crippen LogP contribution in [0.1, 0.15) is 23.5 Å². The average molecular weight is 222 g/mol. The molecule has 1 aromatic rings. The zero-order chi connectivity index (χ0) is 8.39. The van der Waals surface area contributed by atoms with Gasteiger partial charge >= 0.3 is 0 Å². The summed E-state index contributed by atoms with van der Waals surface area (Å²) in [6.07, 6.45) is 5.66. The van der Waals surface area contributed by atoms with E-state index in [9.17, 15) is 0 Å². The fourth-order valence-corrected chi connectivity index (χ4v) is 2.12. The summed E-state index contributed by atoms with van der Waals surface area (Å²) in [4.78, 5) is 0. The second-order valence-electron chi connectivity index (χ2n) is 3.00. The molecule has 0 bridgehead atoms. The van der Waals surface area contributed by atoms with Gasteiger partial charge in [-0.25, -0.2) is 0 Å². The first kappa shape index (κ1) is 8.06. The van der Waals surface area contributed by atoms with E-state index in [1.807, 2.05) is 6.07 Å². The number of allylic oxidation sites excluding steroid dienone is 1. The highest BCUT2D eigenvalue weighted by molar-refractivity contribution is 9.09. The third-order valence-corrected chi connectivity index (χ3v) is 2.72. The summed E-state index contributed by atoms with van der Waals surface area (Å²) < 4.78 is 0. The van der Waals surface area contributed by atoms with E-state index in [2.05, 4.69) is 46.3 Å². The van der Waals surface area contributed by atoms with Gasteiger partial charge in [-0.1, -0.05) is 40.2 Å². The Morgan fingerprint density at radius 2 is 2.42 bits per heavy atom. The van der Waals surface area contributed by atoms with Crippen LogP contribution in [0.4, 0.5) is 0 Å². The van der Waals surface area contributed by atoms with Crippen LogP contribution in [0.2, 0.25) is 0 Å². The Morgan fingerprint density at radius 3 is 3.25 bits per heavy atom. The standard InChI is InChI=1S/C11H10Br/c12-8-7-10-6-5-9-3-1-2-4-11(9)10/h2-6,10H,7-8H2. The molecule has 0 spiro atoms. The average Bonchev–Trinajstić information content (AvgIpc) is 2.50. The maximum absolute atomic E-state index is 3.47. The van der Waals surface area contributed by atoms with Gasteiger partial charge in [0.1, 0.15) is 0 Å². The third kappa shape index (κ3) is 1.34. The number of halogens is 1. The number of fused-ring (bicyclic) bond motifs is 1. The summed E-state index contributed by atoms with van der Waals surface area (Å²) in [6.45, 7) is 0. The summed E-state index contributed by atoms with van der Waals surface area (Å²) in [5.41, 5.74) is 2.79. The van der Waals surface area contributed by atoms with Crippen LogP contribution in [-0.2, 0) is 0 Å². The molecule has 12 heavy (non-hydrogen) atoms. The van der Waals surface area contributed by atoms with Gasteiger partial charge in [-0.2, -0.15) is 0 Å². The smallest absolute Gasteiger partial charge is 0.00401 e. The van der Waals surface area contributed by atoms with Crippen LogP contribution >= 0.6 is 15.9 Å². The predicted octanol–water partition coefficient (Wildman–Crippen LogP) is 3.38. The molecule has 2 rings (SSSR count). The Balaban J connectivity index is 2.30. The SMILES string of the molecule is BrCCC1C=Cc2c[c]ccc21. The summed E-state index contributed by atoms with van der Waals surface area (Å²) in [5.74, 6) is 0.619. The quantitative estimate of drug-likeness (QED) is 0.673. The van der Waals surface area contributed by atoms with Crippen molar-refractivity contribution in [1.82, 2.24) is 0 Å². The van der Waals surface area contributed by atoms with Gasteiger partial charge < -0.3 is 0 Å². The fourth-order valence-electron chi connectivity index (χ4n) is 1.63. The highest BCUT2D eigenvalue weighted by Gasteiger charge is 2.14. The van der Waals surface area contributed by atoms with Crippen LogP contribution in [0.15, 0.2) is 24.3 Å². The lowest BCUT2D eigenvalue weighted by molar-refractivity contribution is 0.832. The molecule has 0 amide bonds. The van der Waals surface area contributed by atoms with E-state index < -0.39 is 0 Å². The normalized spacial score (nSPS) is 19.6. The van der Waals surface area contributed by atoms with Crippen molar-refractivity contribution < 1.29 is 0 Å². The monoisotopic (exact) mass is 221 g/mol. The second-order valence-corrected chi connectivity index (χ2v) is 3.79. The molecule has 0 N–H and O–H groups in total. The number of hydrogen-bond acceptors (Lipinski definition) is 0. The van der Waals surface area contributed by atoms with Gasteiger partial charge in [0, 0.05) is 11.2 Å². The van der Waals surface area contributed by atoms with E-state index >= 15 is 0 Å². The Hall–Kier alpha value is -0.560. The number of alkyl halides is 1. The molecule has 61 valence electrons. The first-order valence-corrected chi connectivity index (χ1v) is 5.28. The van der Waals surface area contributed by atoms with Gasteiger partial charge in [-0.3, -0.25) is 0 Å². The Morgan fingerprint density at radius 1 is 1.50 bits per heavy atom. The van der Waals surface area contributed by atoms with Crippen LogP contribution in [0, 0.1) is 6.07 Å². The lowest BCUT2D eigenvalue weighted by Gasteiger charge is -2.07. The van der Waals surface area contributed by atoms with Crippen LogP contribution in [0.5, 0.6) is 0 Å². The predicted molar refractivity (Wildman–Crippen MR) is 55.5 cm³/mol. The minimum Gasteiger partial charge on any atom is -0.0928 e. The minimum absolute atomic E-state index is 0.619. The van der Waals surface area contributed by atoms with E-state index in [-0.39, 0.29) is 0 Å². The first-order valence-electron chi connectivity index (χ1n) is 4.16. The van der Waals surface area contributed by atoms with Crippen LogP contribution in [-0.4, -0.2) is 5.33 Å². The topological polar surface area (TPSA) is 0 Å². The van der Waals surface area contributed by atoms with Gasteiger partial charge in [-0.05, 0) is 29.7 Å². The van der Waals surface area contributed by atoms with Gasteiger partial charge in [0.25, 0.3) is 0 Å². The zero-order valence-corrected chi connectivity index (χ0v) is 8.34. The Kier molecular flexibility index (Phi) is 2.31. The van der Waals surface area contributed by atoms with Crippen molar-refractivity contribution in [3.05, 3.63) is 41.5 Å². The van der Waals surface area contributed by atoms with Crippen LogP contribution < -0.4 is 0 Å². The van der Waals surface area contributed by atoms with Gasteiger partial charge in [-0.15, -0.1) is 0 Å². The molecule has 0 aromatic heterocycles. The van der Waals surface area contributed by atoms with Crippen molar-refractivity contribution >= 4 is 22.0 Å². The maximum atomic E-state index is 3.47. The molecule has 0 saturated heterocycles. The summed E-state index contributed by atoms with van der Waals surface area (Å²) in [7, 11) is 0. The van der Waals surface area contributed by atoms with E-state index in [0.29, 0.717) is 5.92 Å². The zero-order valence-electron chi connectivity index (χ0n) is 6.76. The number of benzene rings is 1. The molecule has 0 aliphatic heterocycles. The maximum Gasteiger partial charge on any atom is 0.00401 e. The van der Waals surface area contributed by atoms with Crippen molar-refractivity contribution in [2.75, 3.05) is 5.33 Å². The second kappa shape index (κ2) is 3.44. The third-order valence-electron chi connectivity index (χ3n) is 2.26. The van der Waals surface area contributed by atoms with Gasteiger partial charge in [0.15, 0.2) is 0 Å². The molecule has 1 aliphatic carbocycles. The Bertz CT molecular complexity index is 302. The van der Waals surface area contributed by atoms with Crippen molar-refractivity contribution in [3.8, 4) is 0 Å². The molecular weight excluding hydrogens is 212 g/mol. The van der Waals surface area contributed by atoms with Crippen LogP contribution in [0.3, 0.4) is 0 Å². The lowest BCUT2D eigenvalue weighted by Crippen LogP contribution is -1.93. The van der Waals surface area contributed by atoms with E-state index in [1.165, 1.54) is 17.5 Å². The largest absolute Gasteiger partial charge is 0.0928 e. The molecule has 1 unspecified atom stereocenters. The molecule has 0 heterocycles. The highest BCUT2D eigenvalue weighted by atomic mass is 79.9. The molecule has 1 heteroatoms. The van der Waals surface area contributed by atoms with Gasteiger partial charge in [0.05, 0.1) is 0 Å². The molecule has 0 nitrogen and oxygen atoms in total. The molecule has 0 fully saturated rings. The molecule has 1 aliphatic rings. The van der Waals surface area contributed by atoms with E-state index in [1.54, 1.807) is 0 Å². The molecule has 1 aromatic carbocycles. The molecule has 0 saturated carbocycles. The number of hydrogen-bond donors (Lipinski definition) is 0. The summed E-state index contributed by atoms with van der Waals surface area (Å²) in [6, 6.07) is 9.31. The fraction of sp³-hybridized carbons (Fsp3) is 0.273. The highest BCUT2D eigenvalue weighted by Crippen LogP contribution is 2.32. The number of rotatable bonds is 2. The van der Waals surface area contributed by atoms with Gasteiger partial charge in [0.2, 0.25) is 0 Å². The Labute approximate surface area is 81.4 Å². The van der Waals surface area contributed by atoms with E-state index in [0.717, 1.165) is 5.33 Å². The van der Waals surface area contributed by atoms with Crippen LogP contribution in [0.25, 0.3) is 6.08 Å². The van der Waals surface area contributed by atoms with E-state index in [4.69, 9.17) is 0 Å². The van der Waals surface area contributed by atoms with Crippen molar-refractivity contribution in [1.29, 1.82) is 0 Å². The first-order chi connectivity index (χ1) is 5.92. The molecule has 1 atom stereocenters. The van der Waals surface area contributed by atoms with Crippen molar-refractivity contribution in [3.63, 3.8) is 0 Å². The van der Waals surface area contributed by atoms with Crippen molar-refractivity contribution in [2.45, 2.75) is 12.3 Å². The molecule has 1 radical (unpaired) electrons. The minimum atomic E-state index is 0.619. The van der Waals surface area contributed by atoms with Crippen molar-refractivity contribution in [2.24, 2.45) is 0 Å². The summed E-state index contributed by atoms with van der Waals surface area (Å²) >= 11 is 3.47. The molecular formula is C11H10Br. The lowest BCUT2D eigenvalue weighted by atomic mass is 9.99. The summed E-state index contributed by atoms with van der Waals surface area (Å²) in [5, 5.41) is 1.07.